The third-order valence-corrected chi connectivity index (χ3v) is 5.23. The Labute approximate surface area is 163 Å². The molecule has 0 amide bonds. The zero-order chi connectivity index (χ0) is 19.1. The Morgan fingerprint density at radius 3 is 2.00 bits per heavy atom. The molecule has 0 atom stereocenters. The fourth-order valence-corrected chi connectivity index (χ4v) is 3.74. The minimum absolute atomic E-state index is 0.329. The van der Waals surface area contributed by atoms with Crippen LogP contribution in [0.4, 0.5) is 0 Å². The largest absolute Gasteiger partial charge is 0.422 e. The van der Waals surface area contributed by atoms with Crippen molar-refractivity contribution in [2.45, 2.75) is 6.92 Å². The summed E-state index contributed by atoms with van der Waals surface area (Å²) >= 11 is 0. The lowest BCUT2D eigenvalue weighted by atomic mass is 9.99. The molecule has 0 aliphatic carbocycles. The fourth-order valence-electron chi connectivity index (χ4n) is 3.74. The molecule has 0 N–H and O–H groups in total. The number of rotatable bonds is 2. The van der Waals surface area contributed by atoms with Crippen LogP contribution in [-0.2, 0) is 0 Å². The highest BCUT2D eigenvalue weighted by Gasteiger charge is 2.13. The number of ether oxygens (including phenoxy) is 1. The topological polar surface area (TPSA) is 26.3 Å². The molecule has 2 nitrogen and oxygen atoms in total. The molecular weight excluding hydrogens is 344 g/mol. The van der Waals surface area contributed by atoms with Gasteiger partial charge < -0.3 is 4.74 Å². The molecule has 0 aliphatic rings. The van der Waals surface area contributed by atoms with E-state index in [1.807, 2.05) is 43.3 Å². The van der Waals surface area contributed by atoms with E-state index in [4.69, 9.17) is 4.74 Å². The van der Waals surface area contributed by atoms with Crippen LogP contribution >= 0.6 is 0 Å². The van der Waals surface area contributed by atoms with Gasteiger partial charge in [-0.25, -0.2) is 4.79 Å². The first-order valence-corrected chi connectivity index (χ1v) is 9.32. The van der Waals surface area contributed by atoms with Crippen molar-refractivity contribution in [1.29, 1.82) is 0 Å². The Morgan fingerprint density at radius 1 is 0.643 bits per heavy atom. The maximum absolute atomic E-state index is 12.7. The summed E-state index contributed by atoms with van der Waals surface area (Å²) < 4.78 is 5.79. The average Bonchev–Trinajstić information content (AvgIpc) is 2.71. The summed E-state index contributed by atoms with van der Waals surface area (Å²) in [5, 5.41) is 6.71. The number of carbonyl (C=O) groups is 1. The molecular formula is C26H18O2. The van der Waals surface area contributed by atoms with Crippen LogP contribution in [0, 0.1) is 6.92 Å². The third-order valence-electron chi connectivity index (χ3n) is 5.23. The lowest BCUT2D eigenvalue weighted by Gasteiger charge is -2.11. The van der Waals surface area contributed by atoms with Crippen LogP contribution in [0.1, 0.15) is 15.9 Å². The van der Waals surface area contributed by atoms with Crippen LogP contribution in [0.25, 0.3) is 32.3 Å². The number of benzene rings is 5. The van der Waals surface area contributed by atoms with Gasteiger partial charge in [-0.3, -0.25) is 0 Å². The molecule has 0 aliphatic heterocycles. The Balaban J connectivity index is 1.65. The predicted octanol–water partition coefficient (Wildman–Crippen LogP) is 6.67. The van der Waals surface area contributed by atoms with E-state index in [2.05, 4.69) is 48.5 Å². The Bertz CT molecular complexity index is 1370. The number of carbonyl (C=O) groups excluding carboxylic acids is 1. The van der Waals surface area contributed by atoms with E-state index < -0.39 is 0 Å². The van der Waals surface area contributed by atoms with Gasteiger partial charge in [0.15, 0.2) is 0 Å². The highest BCUT2D eigenvalue weighted by molar-refractivity contribution is 6.06. The molecule has 0 fully saturated rings. The summed E-state index contributed by atoms with van der Waals surface area (Å²) in [7, 11) is 0. The molecule has 134 valence electrons. The molecule has 0 spiro atoms. The van der Waals surface area contributed by atoms with Gasteiger partial charge in [0.05, 0.1) is 5.56 Å². The number of hydrogen-bond donors (Lipinski definition) is 0. The maximum Gasteiger partial charge on any atom is 0.343 e. The second kappa shape index (κ2) is 6.50. The Kier molecular flexibility index (Phi) is 3.84. The van der Waals surface area contributed by atoms with Crippen LogP contribution in [0.2, 0.25) is 0 Å². The standard InChI is InChI=1S/C26H18O2/c1-17-7-2-5-11-23(17)26(27)28-25-12-6-10-20-15-21-13-18-8-3-4-9-19(18)14-22(21)16-24(20)25/h2-16H,1H3. The number of esters is 1. The van der Waals surface area contributed by atoms with E-state index in [9.17, 15) is 4.79 Å². The summed E-state index contributed by atoms with van der Waals surface area (Å²) in [6, 6.07) is 30.3. The van der Waals surface area contributed by atoms with Gasteiger partial charge in [0.1, 0.15) is 5.75 Å². The molecule has 28 heavy (non-hydrogen) atoms. The highest BCUT2D eigenvalue weighted by atomic mass is 16.5. The summed E-state index contributed by atoms with van der Waals surface area (Å²) in [6.45, 7) is 1.91. The van der Waals surface area contributed by atoms with Gasteiger partial charge >= 0.3 is 5.97 Å². The van der Waals surface area contributed by atoms with Crippen LogP contribution in [0.3, 0.4) is 0 Å². The minimum atomic E-state index is -0.329. The fraction of sp³-hybridized carbons (Fsp3) is 0.0385. The molecule has 0 saturated heterocycles. The number of fused-ring (bicyclic) bond motifs is 3. The van der Waals surface area contributed by atoms with Gasteiger partial charge in [-0.1, -0.05) is 54.6 Å². The normalized spacial score (nSPS) is 11.2. The molecule has 0 aromatic heterocycles. The second-order valence-electron chi connectivity index (χ2n) is 7.08. The Morgan fingerprint density at radius 2 is 1.25 bits per heavy atom. The van der Waals surface area contributed by atoms with Crippen LogP contribution < -0.4 is 4.74 Å². The van der Waals surface area contributed by atoms with Crippen molar-refractivity contribution in [2.24, 2.45) is 0 Å². The lowest BCUT2D eigenvalue weighted by Crippen LogP contribution is -2.10. The molecule has 5 aromatic rings. The van der Waals surface area contributed by atoms with Crippen molar-refractivity contribution in [3.8, 4) is 5.75 Å². The van der Waals surface area contributed by atoms with Gasteiger partial charge in [-0.15, -0.1) is 0 Å². The van der Waals surface area contributed by atoms with E-state index in [0.717, 1.165) is 21.7 Å². The quantitative estimate of drug-likeness (QED) is 0.199. The molecule has 0 heterocycles. The summed E-state index contributed by atoms with van der Waals surface area (Å²) in [6.07, 6.45) is 0. The van der Waals surface area contributed by atoms with Crippen LogP contribution in [-0.4, -0.2) is 5.97 Å². The van der Waals surface area contributed by atoms with E-state index in [1.165, 1.54) is 16.2 Å². The molecule has 5 aromatic carbocycles. The van der Waals surface area contributed by atoms with Crippen molar-refractivity contribution >= 4 is 38.3 Å². The number of aryl methyl sites for hydroxylation is 1. The molecule has 0 unspecified atom stereocenters. The van der Waals surface area contributed by atoms with E-state index in [0.29, 0.717) is 11.3 Å². The maximum atomic E-state index is 12.7. The first-order chi connectivity index (χ1) is 13.7. The van der Waals surface area contributed by atoms with Gasteiger partial charge in [0.25, 0.3) is 0 Å². The van der Waals surface area contributed by atoms with E-state index in [-0.39, 0.29) is 5.97 Å². The van der Waals surface area contributed by atoms with Gasteiger partial charge in [0, 0.05) is 5.39 Å². The first kappa shape index (κ1) is 16.5. The first-order valence-electron chi connectivity index (χ1n) is 9.32. The average molecular weight is 362 g/mol. The van der Waals surface area contributed by atoms with Crippen molar-refractivity contribution in [1.82, 2.24) is 0 Å². The van der Waals surface area contributed by atoms with Crippen molar-refractivity contribution in [3.63, 3.8) is 0 Å². The minimum Gasteiger partial charge on any atom is -0.422 e. The molecule has 0 bridgehead atoms. The zero-order valence-corrected chi connectivity index (χ0v) is 15.5. The molecule has 0 saturated carbocycles. The SMILES string of the molecule is Cc1ccccc1C(=O)Oc1cccc2cc3cc4ccccc4cc3cc12. The van der Waals surface area contributed by atoms with Gasteiger partial charge in [-0.2, -0.15) is 0 Å². The number of hydrogen-bond acceptors (Lipinski definition) is 2. The van der Waals surface area contributed by atoms with Crippen LogP contribution in [0.5, 0.6) is 5.75 Å². The zero-order valence-electron chi connectivity index (χ0n) is 15.5. The van der Waals surface area contributed by atoms with Gasteiger partial charge in [-0.05, 0) is 75.8 Å². The Hall–Kier alpha value is -3.65. The van der Waals surface area contributed by atoms with Crippen molar-refractivity contribution < 1.29 is 9.53 Å². The highest BCUT2D eigenvalue weighted by Crippen LogP contribution is 2.32. The third kappa shape index (κ3) is 2.80. The molecule has 0 radical (unpaired) electrons. The predicted molar refractivity (Wildman–Crippen MR) is 115 cm³/mol. The summed E-state index contributed by atoms with van der Waals surface area (Å²) in [5.74, 6) is 0.255. The van der Waals surface area contributed by atoms with E-state index in [1.54, 1.807) is 6.07 Å². The molecule has 5 rings (SSSR count). The van der Waals surface area contributed by atoms with Crippen LogP contribution in [0.15, 0.2) is 91.0 Å². The van der Waals surface area contributed by atoms with Crippen molar-refractivity contribution in [2.75, 3.05) is 0 Å². The van der Waals surface area contributed by atoms with Crippen molar-refractivity contribution in [3.05, 3.63) is 102 Å². The summed E-state index contributed by atoms with van der Waals surface area (Å²) in [5.41, 5.74) is 1.50. The van der Waals surface area contributed by atoms with Gasteiger partial charge in [0.2, 0.25) is 0 Å². The van der Waals surface area contributed by atoms with E-state index >= 15 is 0 Å². The lowest BCUT2D eigenvalue weighted by molar-refractivity contribution is 0.0736. The summed E-state index contributed by atoms with van der Waals surface area (Å²) in [4.78, 5) is 12.7. The monoisotopic (exact) mass is 362 g/mol. The smallest absolute Gasteiger partial charge is 0.343 e. The molecule has 2 heteroatoms. The second-order valence-corrected chi connectivity index (χ2v) is 7.08.